The first-order valence-corrected chi connectivity index (χ1v) is 3.29. The van der Waals surface area contributed by atoms with E-state index in [0.717, 1.165) is 6.07 Å². The smallest absolute Gasteiger partial charge is 0.165 e. The van der Waals surface area contributed by atoms with E-state index in [9.17, 15) is 4.39 Å². The zero-order valence-electron chi connectivity index (χ0n) is 6.16. The predicted octanol–water partition coefficient (Wildman–Crippen LogP) is 2.07. The number of hydrogen-bond donors (Lipinski definition) is 1. The molecule has 2 nitrogen and oxygen atoms in total. The van der Waals surface area contributed by atoms with Crippen LogP contribution < -0.4 is 0 Å². The van der Waals surface area contributed by atoms with Crippen LogP contribution in [0, 0.1) is 17.1 Å². The lowest BCUT2D eigenvalue weighted by atomic mass is 10.2. The Labute approximate surface area is 69.2 Å². The van der Waals surface area contributed by atoms with Crippen molar-refractivity contribution in [2.75, 3.05) is 0 Å². The molecular formula is C9H6FNO. The molecule has 1 aromatic carbocycles. The highest BCUT2D eigenvalue weighted by Crippen LogP contribution is 2.21. The van der Waals surface area contributed by atoms with Gasteiger partial charge in [-0.05, 0) is 12.1 Å². The molecule has 1 aromatic rings. The van der Waals surface area contributed by atoms with Crippen LogP contribution in [0.1, 0.15) is 5.56 Å². The molecule has 0 atom stereocenters. The van der Waals surface area contributed by atoms with Gasteiger partial charge in [0, 0.05) is 11.6 Å². The Kier molecular flexibility index (Phi) is 2.44. The molecule has 0 saturated carbocycles. The summed E-state index contributed by atoms with van der Waals surface area (Å²) in [4.78, 5) is 0. The summed E-state index contributed by atoms with van der Waals surface area (Å²) in [7, 11) is 0. The zero-order valence-corrected chi connectivity index (χ0v) is 6.16. The lowest BCUT2D eigenvalue weighted by molar-refractivity contribution is 0.431. The molecule has 0 amide bonds. The molecule has 0 spiro atoms. The monoisotopic (exact) mass is 163 g/mol. The van der Waals surface area contributed by atoms with Crippen molar-refractivity contribution in [3.05, 3.63) is 35.7 Å². The van der Waals surface area contributed by atoms with Crippen molar-refractivity contribution in [2.24, 2.45) is 0 Å². The molecule has 0 saturated heterocycles. The van der Waals surface area contributed by atoms with Gasteiger partial charge in [0.15, 0.2) is 11.6 Å². The third-order valence-corrected chi connectivity index (χ3v) is 1.36. The Hall–Kier alpha value is -1.82. The highest BCUT2D eigenvalue weighted by Gasteiger charge is 2.01. The van der Waals surface area contributed by atoms with Crippen LogP contribution in [-0.2, 0) is 0 Å². The average Bonchev–Trinajstić information content (AvgIpc) is 2.08. The lowest BCUT2D eigenvalue weighted by Gasteiger charge is -1.97. The average molecular weight is 163 g/mol. The molecule has 0 unspecified atom stereocenters. The minimum Gasteiger partial charge on any atom is -0.504 e. The number of nitriles is 1. The number of aromatic hydroxyl groups is 1. The Morgan fingerprint density at radius 1 is 1.50 bits per heavy atom. The van der Waals surface area contributed by atoms with Crippen molar-refractivity contribution >= 4 is 6.08 Å². The molecule has 0 radical (unpaired) electrons. The summed E-state index contributed by atoms with van der Waals surface area (Å²) in [5.41, 5.74) is 0.302. The lowest BCUT2D eigenvalue weighted by Crippen LogP contribution is -1.79. The van der Waals surface area contributed by atoms with Gasteiger partial charge in [-0.25, -0.2) is 4.39 Å². The van der Waals surface area contributed by atoms with Gasteiger partial charge in [-0.2, -0.15) is 5.26 Å². The summed E-state index contributed by atoms with van der Waals surface area (Å²) in [6.45, 7) is 0. The predicted molar refractivity (Wildman–Crippen MR) is 42.7 cm³/mol. The van der Waals surface area contributed by atoms with Crippen molar-refractivity contribution < 1.29 is 9.50 Å². The molecule has 0 heterocycles. The number of halogens is 1. The van der Waals surface area contributed by atoms with Crippen molar-refractivity contribution in [1.29, 1.82) is 5.26 Å². The van der Waals surface area contributed by atoms with E-state index in [4.69, 9.17) is 10.4 Å². The van der Waals surface area contributed by atoms with Crippen LogP contribution in [0.3, 0.4) is 0 Å². The molecule has 0 aromatic heterocycles. The van der Waals surface area contributed by atoms with Gasteiger partial charge in [0.25, 0.3) is 0 Å². The zero-order chi connectivity index (χ0) is 8.97. The molecule has 0 aliphatic carbocycles. The topological polar surface area (TPSA) is 44.0 Å². The summed E-state index contributed by atoms with van der Waals surface area (Å²) in [6.07, 6.45) is 2.52. The van der Waals surface area contributed by atoms with Crippen molar-refractivity contribution in [3.8, 4) is 11.8 Å². The first kappa shape index (κ1) is 8.28. The largest absolute Gasteiger partial charge is 0.504 e. The van der Waals surface area contributed by atoms with Crippen molar-refractivity contribution in [1.82, 2.24) is 0 Å². The quantitative estimate of drug-likeness (QED) is 0.644. The van der Waals surface area contributed by atoms with E-state index in [1.807, 2.05) is 0 Å². The number of benzene rings is 1. The Morgan fingerprint density at radius 2 is 2.25 bits per heavy atom. The molecule has 60 valence electrons. The van der Waals surface area contributed by atoms with Crippen LogP contribution >= 0.6 is 0 Å². The molecule has 0 fully saturated rings. The fraction of sp³-hybridized carbons (Fsp3) is 0. The van der Waals surface area contributed by atoms with Gasteiger partial charge in [-0.15, -0.1) is 0 Å². The van der Waals surface area contributed by atoms with E-state index in [2.05, 4.69) is 0 Å². The van der Waals surface area contributed by atoms with E-state index in [-0.39, 0.29) is 0 Å². The fourth-order valence-corrected chi connectivity index (χ4v) is 0.794. The highest BCUT2D eigenvalue weighted by atomic mass is 19.1. The standard InChI is InChI=1S/C9H6FNO/c10-8-5-1-3-7(9(8)12)4-2-6-11/h1-5,12H. The summed E-state index contributed by atoms with van der Waals surface area (Å²) >= 11 is 0. The first-order valence-electron chi connectivity index (χ1n) is 3.29. The number of para-hydroxylation sites is 1. The minimum atomic E-state index is -0.685. The van der Waals surface area contributed by atoms with E-state index < -0.39 is 11.6 Å². The molecule has 0 aliphatic rings. The van der Waals surface area contributed by atoms with E-state index in [0.29, 0.717) is 5.56 Å². The summed E-state index contributed by atoms with van der Waals surface area (Å²) in [5.74, 6) is -1.11. The number of hydrogen-bond acceptors (Lipinski definition) is 2. The Bertz CT molecular complexity index is 352. The van der Waals surface area contributed by atoms with Crippen LogP contribution in [0.25, 0.3) is 6.08 Å². The van der Waals surface area contributed by atoms with Crippen LogP contribution in [0.15, 0.2) is 24.3 Å². The number of nitrogens with zero attached hydrogens (tertiary/aromatic N) is 1. The normalized spacial score (nSPS) is 10.0. The second kappa shape index (κ2) is 3.54. The molecular weight excluding hydrogens is 157 g/mol. The molecule has 1 rings (SSSR count). The maximum absolute atomic E-state index is 12.6. The molecule has 1 N–H and O–H groups in total. The number of phenolic OH excluding ortho intramolecular Hbond substituents is 1. The molecule has 12 heavy (non-hydrogen) atoms. The summed E-state index contributed by atoms with van der Waals surface area (Å²) in [5, 5.41) is 17.3. The molecule has 0 aliphatic heterocycles. The van der Waals surface area contributed by atoms with Gasteiger partial charge in [0.05, 0.1) is 6.07 Å². The highest BCUT2D eigenvalue weighted by molar-refractivity contribution is 5.58. The maximum atomic E-state index is 12.6. The van der Waals surface area contributed by atoms with Crippen LogP contribution in [0.5, 0.6) is 5.75 Å². The van der Waals surface area contributed by atoms with Crippen molar-refractivity contribution in [3.63, 3.8) is 0 Å². The third kappa shape index (κ3) is 1.61. The van der Waals surface area contributed by atoms with Gasteiger partial charge in [-0.1, -0.05) is 12.1 Å². The van der Waals surface area contributed by atoms with Gasteiger partial charge in [0.2, 0.25) is 0 Å². The number of phenols is 1. The second-order valence-corrected chi connectivity index (χ2v) is 2.14. The van der Waals surface area contributed by atoms with Crippen LogP contribution in [-0.4, -0.2) is 5.11 Å². The summed E-state index contributed by atoms with van der Waals surface area (Å²) < 4.78 is 12.6. The SMILES string of the molecule is N#CC=Cc1cccc(F)c1O. The molecule has 3 heteroatoms. The van der Waals surface area contributed by atoms with Gasteiger partial charge < -0.3 is 5.11 Å². The number of allylic oxidation sites excluding steroid dienone is 1. The summed E-state index contributed by atoms with van der Waals surface area (Å²) in [6, 6.07) is 5.89. The van der Waals surface area contributed by atoms with Crippen LogP contribution in [0.2, 0.25) is 0 Å². The maximum Gasteiger partial charge on any atom is 0.165 e. The second-order valence-electron chi connectivity index (χ2n) is 2.14. The van der Waals surface area contributed by atoms with E-state index >= 15 is 0 Å². The van der Waals surface area contributed by atoms with E-state index in [1.165, 1.54) is 24.3 Å². The van der Waals surface area contributed by atoms with Gasteiger partial charge >= 0.3 is 0 Å². The molecule has 0 bridgehead atoms. The Balaban J connectivity index is 3.10. The third-order valence-electron chi connectivity index (χ3n) is 1.36. The Morgan fingerprint density at radius 3 is 2.92 bits per heavy atom. The fourth-order valence-electron chi connectivity index (χ4n) is 0.794. The first-order chi connectivity index (χ1) is 5.75. The number of rotatable bonds is 1. The van der Waals surface area contributed by atoms with Gasteiger partial charge in [0.1, 0.15) is 0 Å². The van der Waals surface area contributed by atoms with Crippen molar-refractivity contribution in [2.45, 2.75) is 0 Å². The van der Waals surface area contributed by atoms with Gasteiger partial charge in [-0.3, -0.25) is 0 Å². The van der Waals surface area contributed by atoms with E-state index in [1.54, 1.807) is 6.07 Å². The van der Waals surface area contributed by atoms with Crippen LogP contribution in [0.4, 0.5) is 4.39 Å². The minimum absolute atomic E-state index is 0.302.